The number of fused-ring (bicyclic) bond motifs is 1. The van der Waals surface area contributed by atoms with E-state index >= 15 is 0 Å². The van der Waals surface area contributed by atoms with E-state index in [0.29, 0.717) is 6.01 Å². The Balaban J connectivity index is 2.02. The van der Waals surface area contributed by atoms with Crippen molar-refractivity contribution in [2.45, 2.75) is 19.9 Å². The van der Waals surface area contributed by atoms with Crippen LogP contribution in [0.1, 0.15) is 16.8 Å². The van der Waals surface area contributed by atoms with Crippen LogP contribution in [0.15, 0.2) is 24.3 Å². The second-order valence-electron chi connectivity index (χ2n) is 4.85. The lowest BCUT2D eigenvalue weighted by Crippen LogP contribution is -2.26. The molecule has 1 aliphatic rings. The zero-order valence-corrected chi connectivity index (χ0v) is 11.7. The number of hydrogen-bond acceptors (Lipinski definition) is 5. The van der Waals surface area contributed by atoms with Crippen molar-refractivity contribution in [3.8, 4) is 6.01 Å². The van der Waals surface area contributed by atoms with Crippen molar-refractivity contribution in [2.24, 2.45) is 0 Å². The number of benzene rings is 1. The summed E-state index contributed by atoms with van der Waals surface area (Å²) < 4.78 is 5.21. The van der Waals surface area contributed by atoms with Crippen LogP contribution in [0.2, 0.25) is 0 Å². The van der Waals surface area contributed by atoms with E-state index in [-0.39, 0.29) is 0 Å². The van der Waals surface area contributed by atoms with Gasteiger partial charge in [-0.15, -0.1) is 0 Å². The van der Waals surface area contributed by atoms with Crippen LogP contribution >= 0.6 is 0 Å². The van der Waals surface area contributed by atoms with Crippen molar-refractivity contribution in [3.05, 3.63) is 41.1 Å². The summed E-state index contributed by atoms with van der Waals surface area (Å²) in [6.07, 6.45) is 0.899. The molecular formula is C15H18N4O. The summed E-state index contributed by atoms with van der Waals surface area (Å²) in [6.45, 7) is 3.80. The van der Waals surface area contributed by atoms with Gasteiger partial charge in [0.1, 0.15) is 5.82 Å². The van der Waals surface area contributed by atoms with Gasteiger partial charge in [0.15, 0.2) is 0 Å². The average molecular weight is 270 g/mol. The van der Waals surface area contributed by atoms with E-state index in [4.69, 9.17) is 4.74 Å². The van der Waals surface area contributed by atoms with Crippen molar-refractivity contribution < 1.29 is 4.74 Å². The van der Waals surface area contributed by atoms with Gasteiger partial charge in [0.25, 0.3) is 0 Å². The zero-order valence-electron chi connectivity index (χ0n) is 11.7. The summed E-state index contributed by atoms with van der Waals surface area (Å²) in [5.41, 5.74) is 4.43. The van der Waals surface area contributed by atoms with E-state index in [1.165, 1.54) is 5.56 Å². The summed E-state index contributed by atoms with van der Waals surface area (Å²) in [4.78, 5) is 8.90. The molecule has 2 aromatic rings. The Morgan fingerprint density at radius 1 is 1.25 bits per heavy atom. The number of ether oxygens (including phenoxy) is 1. The first kappa shape index (κ1) is 12.9. The van der Waals surface area contributed by atoms with Crippen molar-refractivity contribution in [2.75, 3.05) is 19.0 Å². The van der Waals surface area contributed by atoms with Gasteiger partial charge in [0.05, 0.1) is 12.8 Å². The molecule has 3 rings (SSSR count). The maximum atomic E-state index is 5.21. The molecule has 104 valence electrons. The van der Waals surface area contributed by atoms with Gasteiger partial charge in [-0.25, -0.2) is 0 Å². The third-order valence-electron chi connectivity index (χ3n) is 3.49. The van der Waals surface area contributed by atoms with Gasteiger partial charge >= 0.3 is 6.01 Å². The smallest absolute Gasteiger partial charge is 0.318 e. The minimum Gasteiger partial charge on any atom is -0.467 e. The number of nitrogens with zero attached hydrogens (tertiary/aromatic N) is 2. The lowest BCUT2D eigenvalue weighted by Gasteiger charge is -2.20. The molecule has 0 aliphatic carbocycles. The maximum absolute atomic E-state index is 5.21. The molecule has 0 unspecified atom stereocenters. The predicted molar refractivity (Wildman–Crippen MR) is 78.5 cm³/mol. The third kappa shape index (κ3) is 2.44. The molecule has 1 aromatic heterocycles. The van der Waals surface area contributed by atoms with Crippen LogP contribution in [0.4, 0.5) is 11.5 Å². The first-order chi connectivity index (χ1) is 9.78. The molecule has 1 aliphatic heterocycles. The zero-order chi connectivity index (χ0) is 13.9. The molecule has 0 spiro atoms. The van der Waals surface area contributed by atoms with Gasteiger partial charge in [-0.2, -0.15) is 9.97 Å². The highest BCUT2D eigenvalue weighted by Gasteiger charge is 2.18. The molecule has 5 nitrogen and oxygen atoms in total. The molecule has 0 atom stereocenters. The SMILES string of the molecule is COc1nc2c(c(Nc3ccccc3C)n1)CNCC2. The molecule has 0 fully saturated rings. The summed E-state index contributed by atoms with van der Waals surface area (Å²) in [6, 6.07) is 8.58. The van der Waals surface area contributed by atoms with E-state index < -0.39 is 0 Å². The van der Waals surface area contributed by atoms with E-state index in [0.717, 1.165) is 42.3 Å². The largest absolute Gasteiger partial charge is 0.467 e. The Labute approximate surface area is 118 Å². The molecule has 0 saturated heterocycles. The fourth-order valence-corrected chi connectivity index (χ4v) is 2.36. The number of methoxy groups -OCH3 is 1. The molecule has 2 heterocycles. The van der Waals surface area contributed by atoms with Crippen molar-refractivity contribution in [3.63, 3.8) is 0 Å². The van der Waals surface area contributed by atoms with Gasteiger partial charge in [0, 0.05) is 30.8 Å². The molecule has 0 bridgehead atoms. The molecule has 0 saturated carbocycles. The first-order valence-corrected chi connectivity index (χ1v) is 6.75. The molecule has 5 heteroatoms. The standard InChI is InChI=1S/C15H18N4O/c1-10-5-3-4-6-12(10)17-14-11-9-16-8-7-13(11)18-15(19-14)20-2/h3-6,16H,7-9H2,1-2H3,(H,17,18,19). The number of aryl methyl sites for hydroxylation is 1. The summed E-state index contributed by atoms with van der Waals surface area (Å²) in [5.74, 6) is 0.827. The molecule has 1 aromatic carbocycles. The number of hydrogen-bond donors (Lipinski definition) is 2. The van der Waals surface area contributed by atoms with E-state index in [9.17, 15) is 0 Å². The number of anilines is 2. The normalized spacial score (nSPS) is 13.7. The van der Waals surface area contributed by atoms with Gasteiger partial charge < -0.3 is 15.4 Å². The summed E-state index contributed by atoms with van der Waals surface area (Å²) in [5, 5.41) is 6.76. The Bertz CT molecular complexity index is 627. The minimum absolute atomic E-state index is 0.418. The molecule has 20 heavy (non-hydrogen) atoms. The fourth-order valence-electron chi connectivity index (χ4n) is 2.36. The molecule has 2 N–H and O–H groups in total. The average Bonchev–Trinajstić information content (AvgIpc) is 2.49. The van der Waals surface area contributed by atoms with Crippen LogP contribution in [-0.4, -0.2) is 23.6 Å². The molecule has 0 radical (unpaired) electrons. The fraction of sp³-hybridized carbons (Fsp3) is 0.333. The van der Waals surface area contributed by atoms with Gasteiger partial charge in [-0.05, 0) is 18.6 Å². The number of para-hydroxylation sites is 1. The monoisotopic (exact) mass is 270 g/mol. The minimum atomic E-state index is 0.418. The van der Waals surface area contributed by atoms with Gasteiger partial charge in [-0.3, -0.25) is 0 Å². The second kappa shape index (κ2) is 5.46. The lowest BCUT2D eigenvalue weighted by molar-refractivity contribution is 0.377. The van der Waals surface area contributed by atoms with Crippen LogP contribution in [0.25, 0.3) is 0 Å². The Morgan fingerprint density at radius 2 is 2.10 bits per heavy atom. The quantitative estimate of drug-likeness (QED) is 0.895. The second-order valence-corrected chi connectivity index (χ2v) is 4.85. The predicted octanol–water partition coefficient (Wildman–Crippen LogP) is 2.18. The van der Waals surface area contributed by atoms with Crippen LogP contribution < -0.4 is 15.4 Å². The highest BCUT2D eigenvalue weighted by Crippen LogP contribution is 2.26. The highest BCUT2D eigenvalue weighted by molar-refractivity contribution is 5.63. The molecule has 0 amide bonds. The summed E-state index contributed by atoms with van der Waals surface area (Å²) in [7, 11) is 1.60. The topological polar surface area (TPSA) is 59.1 Å². The van der Waals surface area contributed by atoms with Crippen LogP contribution in [-0.2, 0) is 13.0 Å². The Hall–Kier alpha value is -2.14. The summed E-state index contributed by atoms with van der Waals surface area (Å²) >= 11 is 0. The van der Waals surface area contributed by atoms with Gasteiger partial charge in [-0.1, -0.05) is 18.2 Å². The maximum Gasteiger partial charge on any atom is 0.318 e. The highest BCUT2D eigenvalue weighted by atomic mass is 16.5. The van der Waals surface area contributed by atoms with Crippen molar-refractivity contribution in [1.82, 2.24) is 15.3 Å². The van der Waals surface area contributed by atoms with Crippen molar-refractivity contribution in [1.29, 1.82) is 0 Å². The van der Waals surface area contributed by atoms with E-state index in [2.05, 4.69) is 33.6 Å². The number of nitrogens with one attached hydrogen (secondary N) is 2. The number of aromatic nitrogens is 2. The third-order valence-corrected chi connectivity index (χ3v) is 3.49. The van der Waals surface area contributed by atoms with Crippen LogP contribution in [0.5, 0.6) is 6.01 Å². The van der Waals surface area contributed by atoms with Gasteiger partial charge in [0.2, 0.25) is 0 Å². The lowest BCUT2D eigenvalue weighted by atomic mass is 10.1. The van der Waals surface area contributed by atoms with Crippen LogP contribution in [0.3, 0.4) is 0 Å². The number of rotatable bonds is 3. The van der Waals surface area contributed by atoms with Crippen LogP contribution in [0, 0.1) is 6.92 Å². The Kier molecular flexibility index (Phi) is 3.52. The Morgan fingerprint density at radius 3 is 2.90 bits per heavy atom. The van der Waals surface area contributed by atoms with E-state index in [1.54, 1.807) is 7.11 Å². The van der Waals surface area contributed by atoms with E-state index in [1.807, 2.05) is 18.2 Å². The van der Waals surface area contributed by atoms with Crippen molar-refractivity contribution >= 4 is 11.5 Å². The first-order valence-electron chi connectivity index (χ1n) is 6.75. The molecular weight excluding hydrogens is 252 g/mol.